The summed E-state index contributed by atoms with van der Waals surface area (Å²) in [6.45, 7) is 3.93. The SMILES string of the molecule is Cl.N#Cc1ccc(/C=C/C(=O)N2CC[C@@H]3CNC[C@@H]3CC2)cc1. The van der Waals surface area contributed by atoms with Crippen molar-refractivity contribution >= 4 is 24.4 Å². The largest absolute Gasteiger partial charge is 0.339 e. The number of benzene rings is 1. The molecule has 0 spiro atoms. The number of hydrogen-bond donors (Lipinski definition) is 1. The van der Waals surface area contributed by atoms with Crippen molar-refractivity contribution in [3.05, 3.63) is 41.5 Å². The molecule has 2 fully saturated rings. The zero-order chi connectivity index (χ0) is 15.4. The normalized spacial score (nSPS) is 23.7. The summed E-state index contributed by atoms with van der Waals surface area (Å²) < 4.78 is 0. The Labute approximate surface area is 143 Å². The highest BCUT2D eigenvalue weighted by Gasteiger charge is 2.30. The molecule has 1 aromatic rings. The third-order valence-electron chi connectivity index (χ3n) is 4.79. The van der Waals surface area contributed by atoms with Gasteiger partial charge in [-0.1, -0.05) is 12.1 Å². The van der Waals surface area contributed by atoms with Crippen LogP contribution in [0, 0.1) is 23.2 Å². The van der Waals surface area contributed by atoms with Gasteiger partial charge in [0.05, 0.1) is 11.6 Å². The molecule has 1 N–H and O–H groups in total. The van der Waals surface area contributed by atoms with Gasteiger partial charge in [-0.25, -0.2) is 0 Å². The lowest BCUT2D eigenvalue weighted by atomic mass is 9.92. The van der Waals surface area contributed by atoms with Crippen LogP contribution in [0.15, 0.2) is 30.3 Å². The molecule has 4 nitrogen and oxygen atoms in total. The lowest BCUT2D eigenvalue weighted by Crippen LogP contribution is -2.31. The fraction of sp³-hybridized carbons (Fsp3) is 0.444. The zero-order valence-electron chi connectivity index (χ0n) is 13.1. The van der Waals surface area contributed by atoms with Crippen molar-refractivity contribution < 1.29 is 4.79 Å². The van der Waals surface area contributed by atoms with Crippen molar-refractivity contribution in [3.8, 4) is 6.07 Å². The van der Waals surface area contributed by atoms with Gasteiger partial charge in [0.1, 0.15) is 0 Å². The highest BCUT2D eigenvalue weighted by atomic mass is 35.5. The summed E-state index contributed by atoms with van der Waals surface area (Å²) in [4.78, 5) is 14.3. The molecule has 122 valence electrons. The van der Waals surface area contributed by atoms with E-state index in [1.807, 2.05) is 23.1 Å². The third-order valence-corrected chi connectivity index (χ3v) is 4.79. The number of carbonyl (C=O) groups excluding carboxylic acids is 1. The molecule has 0 unspecified atom stereocenters. The monoisotopic (exact) mass is 331 g/mol. The topological polar surface area (TPSA) is 56.1 Å². The van der Waals surface area contributed by atoms with Crippen LogP contribution in [0.25, 0.3) is 6.08 Å². The zero-order valence-corrected chi connectivity index (χ0v) is 13.9. The number of likely N-dealkylation sites (tertiary alicyclic amines) is 1. The maximum atomic E-state index is 12.3. The number of amides is 1. The molecule has 1 aromatic carbocycles. The second-order valence-corrected chi connectivity index (χ2v) is 6.15. The fourth-order valence-electron chi connectivity index (χ4n) is 3.38. The summed E-state index contributed by atoms with van der Waals surface area (Å²) in [7, 11) is 0. The average Bonchev–Trinajstić information content (AvgIpc) is 2.91. The predicted molar refractivity (Wildman–Crippen MR) is 93.1 cm³/mol. The quantitative estimate of drug-likeness (QED) is 0.847. The summed E-state index contributed by atoms with van der Waals surface area (Å²) in [5.74, 6) is 1.57. The van der Waals surface area contributed by atoms with Gasteiger partial charge in [-0.2, -0.15) is 5.26 Å². The molecular formula is C18H22ClN3O. The van der Waals surface area contributed by atoms with Crippen molar-refractivity contribution in [2.75, 3.05) is 26.2 Å². The van der Waals surface area contributed by atoms with E-state index in [-0.39, 0.29) is 18.3 Å². The van der Waals surface area contributed by atoms with Gasteiger partial charge in [0.25, 0.3) is 0 Å². The second-order valence-electron chi connectivity index (χ2n) is 6.15. The van der Waals surface area contributed by atoms with Crippen LogP contribution in [0.2, 0.25) is 0 Å². The summed E-state index contributed by atoms with van der Waals surface area (Å²) in [6, 6.07) is 9.35. The molecule has 1 amide bonds. The number of fused-ring (bicyclic) bond motifs is 1. The summed E-state index contributed by atoms with van der Waals surface area (Å²) in [5.41, 5.74) is 1.58. The Kier molecular flexibility index (Phi) is 6.20. The Balaban J connectivity index is 0.00000192. The van der Waals surface area contributed by atoms with Crippen molar-refractivity contribution in [2.24, 2.45) is 11.8 Å². The Morgan fingerprint density at radius 3 is 2.35 bits per heavy atom. The van der Waals surface area contributed by atoms with Crippen molar-refractivity contribution in [1.82, 2.24) is 10.2 Å². The minimum atomic E-state index is 0. The van der Waals surface area contributed by atoms with E-state index in [9.17, 15) is 4.79 Å². The molecular weight excluding hydrogens is 310 g/mol. The summed E-state index contributed by atoms with van der Waals surface area (Å²) >= 11 is 0. The maximum Gasteiger partial charge on any atom is 0.246 e. The minimum absolute atomic E-state index is 0. The first-order chi connectivity index (χ1) is 10.8. The van der Waals surface area contributed by atoms with Crippen LogP contribution in [0.3, 0.4) is 0 Å². The van der Waals surface area contributed by atoms with Gasteiger partial charge in [-0.3, -0.25) is 4.79 Å². The average molecular weight is 332 g/mol. The Hall–Kier alpha value is -1.83. The van der Waals surface area contributed by atoms with Crippen molar-refractivity contribution in [2.45, 2.75) is 12.8 Å². The van der Waals surface area contributed by atoms with Crippen LogP contribution in [0.1, 0.15) is 24.0 Å². The van der Waals surface area contributed by atoms with Gasteiger partial charge in [0.15, 0.2) is 0 Å². The van der Waals surface area contributed by atoms with Crippen LogP contribution in [-0.2, 0) is 4.79 Å². The van der Waals surface area contributed by atoms with Gasteiger partial charge in [-0.05, 0) is 61.5 Å². The molecule has 0 saturated carbocycles. The van der Waals surface area contributed by atoms with E-state index in [1.54, 1.807) is 18.2 Å². The standard InChI is InChI=1S/C18H21N3O.ClH/c19-11-15-3-1-14(2-4-15)5-6-18(22)21-9-7-16-12-20-13-17(16)8-10-21;/h1-6,16-17,20H,7-10,12-13H2;1H/b6-5+;/t16-,17+;. The van der Waals surface area contributed by atoms with Crippen LogP contribution >= 0.6 is 12.4 Å². The van der Waals surface area contributed by atoms with Crippen molar-refractivity contribution in [3.63, 3.8) is 0 Å². The van der Waals surface area contributed by atoms with E-state index < -0.39 is 0 Å². The number of nitrogens with zero attached hydrogens (tertiary/aromatic N) is 2. The third kappa shape index (κ3) is 4.34. The van der Waals surface area contributed by atoms with Gasteiger partial charge in [0.2, 0.25) is 5.91 Å². The molecule has 0 aliphatic carbocycles. The van der Waals surface area contributed by atoms with Crippen molar-refractivity contribution in [1.29, 1.82) is 5.26 Å². The lowest BCUT2D eigenvalue weighted by Gasteiger charge is -2.18. The van der Waals surface area contributed by atoms with Crippen LogP contribution < -0.4 is 5.32 Å². The smallest absolute Gasteiger partial charge is 0.246 e. The van der Waals surface area contributed by atoms with E-state index in [1.165, 1.54) is 0 Å². The van der Waals surface area contributed by atoms with E-state index in [0.29, 0.717) is 5.56 Å². The van der Waals surface area contributed by atoms with E-state index in [4.69, 9.17) is 5.26 Å². The summed E-state index contributed by atoms with van der Waals surface area (Å²) in [6.07, 6.45) is 5.69. The van der Waals surface area contributed by atoms with Crippen LogP contribution in [-0.4, -0.2) is 37.0 Å². The first-order valence-electron chi connectivity index (χ1n) is 7.94. The number of nitrogens with one attached hydrogen (secondary N) is 1. The van der Waals surface area contributed by atoms with Gasteiger partial charge < -0.3 is 10.2 Å². The molecule has 0 radical (unpaired) electrons. The number of carbonyl (C=O) groups is 1. The highest BCUT2D eigenvalue weighted by molar-refractivity contribution is 5.91. The second kappa shape index (κ2) is 8.14. The first kappa shape index (κ1) is 17.5. The Morgan fingerprint density at radius 1 is 1.17 bits per heavy atom. The number of nitriles is 1. The number of halogens is 1. The lowest BCUT2D eigenvalue weighted by molar-refractivity contribution is -0.125. The molecule has 23 heavy (non-hydrogen) atoms. The minimum Gasteiger partial charge on any atom is -0.339 e. The van der Waals surface area contributed by atoms with E-state index in [0.717, 1.165) is 56.4 Å². The molecule has 2 aliphatic rings. The Morgan fingerprint density at radius 2 is 1.78 bits per heavy atom. The Bertz CT molecular complexity index is 592. The maximum absolute atomic E-state index is 12.3. The van der Waals surface area contributed by atoms with Gasteiger partial charge >= 0.3 is 0 Å². The van der Waals surface area contributed by atoms with Gasteiger partial charge in [0, 0.05) is 19.2 Å². The summed E-state index contributed by atoms with van der Waals surface area (Å²) in [5, 5.41) is 12.2. The molecule has 2 atom stereocenters. The molecule has 3 rings (SSSR count). The number of rotatable bonds is 2. The molecule has 5 heteroatoms. The number of hydrogen-bond acceptors (Lipinski definition) is 3. The molecule has 2 heterocycles. The molecule has 0 bridgehead atoms. The predicted octanol–water partition coefficient (Wildman–Crippen LogP) is 2.45. The molecule has 2 aliphatic heterocycles. The molecule has 0 aromatic heterocycles. The van der Waals surface area contributed by atoms with Crippen LogP contribution in [0.4, 0.5) is 0 Å². The first-order valence-corrected chi connectivity index (χ1v) is 7.94. The van der Waals surface area contributed by atoms with Crippen LogP contribution in [0.5, 0.6) is 0 Å². The molecule has 2 saturated heterocycles. The van der Waals surface area contributed by atoms with Gasteiger partial charge in [-0.15, -0.1) is 12.4 Å². The van der Waals surface area contributed by atoms with E-state index in [2.05, 4.69) is 11.4 Å². The van der Waals surface area contributed by atoms with E-state index >= 15 is 0 Å². The highest BCUT2D eigenvalue weighted by Crippen LogP contribution is 2.27. The fourth-order valence-corrected chi connectivity index (χ4v) is 3.38.